The minimum Gasteiger partial charge on any atom is -0.375 e. The molecule has 102 valence electrons. The van der Waals surface area contributed by atoms with E-state index in [1.807, 2.05) is 20.8 Å². The average Bonchev–Trinajstić information content (AvgIpc) is 2.09. The Hall–Kier alpha value is -0.570. The highest BCUT2D eigenvalue weighted by molar-refractivity contribution is 5.75. The lowest BCUT2D eigenvalue weighted by Gasteiger charge is -2.19. The number of ether oxygens (including phenoxy) is 1. The van der Waals surface area contributed by atoms with Gasteiger partial charge in [-0.1, -0.05) is 20.8 Å². The fraction of sp³-hybridized carbons (Fsp3) is 0.929. The van der Waals surface area contributed by atoms with Gasteiger partial charge in [0.05, 0.1) is 12.2 Å². The molecule has 0 bridgehead atoms. The van der Waals surface area contributed by atoms with Gasteiger partial charge in [-0.3, -0.25) is 4.79 Å². The van der Waals surface area contributed by atoms with Crippen LogP contribution in [0.4, 0.5) is 0 Å². The van der Waals surface area contributed by atoms with Crippen molar-refractivity contribution in [2.45, 2.75) is 66.4 Å². The number of amides is 1. The molecule has 0 heterocycles. The highest BCUT2D eigenvalue weighted by Crippen LogP contribution is 2.19. The zero-order valence-corrected chi connectivity index (χ0v) is 12.4. The summed E-state index contributed by atoms with van der Waals surface area (Å²) in [5.41, 5.74) is 0.187. The molecule has 0 unspecified atom stereocenters. The Morgan fingerprint density at radius 2 is 1.71 bits per heavy atom. The third-order valence-electron chi connectivity index (χ3n) is 2.29. The molecule has 1 N–H and O–H groups in total. The lowest BCUT2D eigenvalue weighted by atomic mass is 9.91. The van der Waals surface area contributed by atoms with Crippen LogP contribution in [0.3, 0.4) is 0 Å². The summed E-state index contributed by atoms with van der Waals surface area (Å²) in [6.07, 6.45) is 2.62. The number of carbonyl (C=O) groups is 1. The zero-order chi connectivity index (χ0) is 13.5. The Balaban J connectivity index is 3.48. The quantitative estimate of drug-likeness (QED) is 0.728. The third-order valence-corrected chi connectivity index (χ3v) is 2.29. The summed E-state index contributed by atoms with van der Waals surface area (Å²) in [7, 11) is 0. The van der Waals surface area contributed by atoms with Crippen molar-refractivity contribution in [1.82, 2.24) is 5.32 Å². The highest BCUT2D eigenvalue weighted by atomic mass is 16.5. The average molecular weight is 243 g/mol. The van der Waals surface area contributed by atoms with Gasteiger partial charge in [0.2, 0.25) is 5.91 Å². The van der Waals surface area contributed by atoms with Crippen molar-refractivity contribution in [1.29, 1.82) is 0 Å². The molecule has 0 aliphatic heterocycles. The fourth-order valence-corrected chi connectivity index (χ4v) is 1.38. The molecule has 3 nitrogen and oxygen atoms in total. The van der Waals surface area contributed by atoms with E-state index < -0.39 is 0 Å². The second-order valence-electron chi connectivity index (χ2n) is 6.73. The maximum absolute atomic E-state index is 11.5. The van der Waals surface area contributed by atoms with Crippen molar-refractivity contribution in [2.75, 3.05) is 13.2 Å². The van der Waals surface area contributed by atoms with Gasteiger partial charge >= 0.3 is 0 Å². The summed E-state index contributed by atoms with van der Waals surface area (Å²) in [6, 6.07) is 0. The minimum atomic E-state index is -0.160. The molecule has 0 aromatic carbocycles. The molecule has 0 aromatic rings. The van der Waals surface area contributed by atoms with E-state index in [0.29, 0.717) is 18.4 Å². The number of hydrogen-bond acceptors (Lipinski definition) is 2. The van der Waals surface area contributed by atoms with E-state index in [0.717, 1.165) is 19.4 Å². The normalized spacial score (nSPS) is 12.6. The molecular formula is C14H29NO2. The summed E-state index contributed by atoms with van der Waals surface area (Å²) < 4.78 is 5.50. The van der Waals surface area contributed by atoms with Crippen molar-refractivity contribution in [3.8, 4) is 0 Å². The fourth-order valence-electron chi connectivity index (χ4n) is 1.38. The van der Waals surface area contributed by atoms with Crippen LogP contribution in [-0.4, -0.2) is 24.7 Å². The Bertz CT molecular complexity index is 223. The Labute approximate surface area is 106 Å². The van der Waals surface area contributed by atoms with Crippen molar-refractivity contribution < 1.29 is 9.53 Å². The van der Waals surface area contributed by atoms with Gasteiger partial charge in [-0.15, -0.1) is 0 Å². The van der Waals surface area contributed by atoms with Crippen molar-refractivity contribution in [3.05, 3.63) is 0 Å². The summed E-state index contributed by atoms with van der Waals surface area (Å²) in [5, 5.41) is 2.92. The van der Waals surface area contributed by atoms with E-state index in [-0.39, 0.29) is 11.5 Å². The molecule has 0 fully saturated rings. The first-order chi connectivity index (χ1) is 7.60. The molecule has 0 atom stereocenters. The van der Waals surface area contributed by atoms with Crippen LogP contribution in [0.15, 0.2) is 0 Å². The van der Waals surface area contributed by atoms with Gasteiger partial charge in [0.15, 0.2) is 0 Å². The highest BCUT2D eigenvalue weighted by Gasteiger charge is 2.12. The van der Waals surface area contributed by atoms with Crippen LogP contribution < -0.4 is 5.32 Å². The van der Waals surface area contributed by atoms with Crippen LogP contribution in [0.25, 0.3) is 0 Å². The van der Waals surface area contributed by atoms with Gasteiger partial charge in [0.25, 0.3) is 0 Å². The molecule has 0 saturated heterocycles. The SMILES string of the molecule is CC(C)(C)CCCNC(=O)CCOC(C)(C)C. The van der Waals surface area contributed by atoms with Crippen LogP contribution in [0, 0.1) is 5.41 Å². The van der Waals surface area contributed by atoms with Gasteiger partial charge < -0.3 is 10.1 Å². The molecular weight excluding hydrogens is 214 g/mol. The van der Waals surface area contributed by atoms with Gasteiger partial charge in [-0.2, -0.15) is 0 Å². The first-order valence-electron chi connectivity index (χ1n) is 6.51. The Morgan fingerprint density at radius 3 is 2.18 bits per heavy atom. The van der Waals surface area contributed by atoms with E-state index in [9.17, 15) is 4.79 Å². The number of carbonyl (C=O) groups excluding carboxylic acids is 1. The van der Waals surface area contributed by atoms with E-state index in [4.69, 9.17) is 4.74 Å². The Kier molecular flexibility index (Phi) is 6.76. The lowest BCUT2D eigenvalue weighted by molar-refractivity contribution is -0.123. The predicted octanol–water partition coefficient (Wildman–Crippen LogP) is 3.13. The van der Waals surface area contributed by atoms with Gasteiger partial charge in [0.1, 0.15) is 0 Å². The molecule has 1 amide bonds. The van der Waals surface area contributed by atoms with Crippen LogP contribution in [0.5, 0.6) is 0 Å². The molecule has 0 aliphatic carbocycles. The third kappa shape index (κ3) is 13.4. The maximum Gasteiger partial charge on any atom is 0.222 e. The number of nitrogens with one attached hydrogen (secondary N) is 1. The molecule has 0 radical (unpaired) electrons. The zero-order valence-electron chi connectivity index (χ0n) is 12.4. The van der Waals surface area contributed by atoms with Gasteiger partial charge in [-0.25, -0.2) is 0 Å². The number of hydrogen-bond donors (Lipinski definition) is 1. The van der Waals surface area contributed by atoms with Crippen molar-refractivity contribution in [2.24, 2.45) is 5.41 Å². The first-order valence-corrected chi connectivity index (χ1v) is 6.51. The van der Waals surface area contributed by atoms with Crippen molar-refractivity contribution >= 4 is 5.91 Å². The predicted molar refractivity (Wildman–Crippen MR) is 72.0 cm³/mol. The summed E-state index contributed by atoms with van der Waals surface area (Å²) in [6.45, 7) is 13.9. The van der Waals surface area contributed by atoms with Crippen LogP contribution in [-0.2, 0) is 9.53 Å². The molecule has 0 aromatic heterocycles. The van der Waals surface area contributed by atoms with Crippen LogP contribution in [0.2, 0.25) is 0 Å². The molecule has 0 rings (SSSR count). The van der Waals surface area contributed by atoms with E-state index in [2.05, 4.69) is 26.1 Å². The van der Waals surface area contributed by atoms with Crippen molar-refractivity contribution in [3.63, 3.8) is 0 Å². The summed E-state index contributed by atoms with van der Waals surface area (Å²) >= 11 is 0. The molecule has 17 heavy (non-hydrogen) atoms. The Morgan fingerprint density at radius 1 is 1.12 bits per heavy atom. The van der Waals surface area contributed by atoms with Crippen LogP contribution >= 0.6 is 0 Å². The second kappa shape index (κ2) is 7.00. The molecule has 0 spiro atoms. The van der Waals surface area contributed by atoms with Crippen LogP contribution in [0.1, 0.15) is 60.8 Å². The standard InChI is InChI=1S/C14H29NO2/c1-13(2,3)9-7-10-15-12(16)8-11-17-14(4,5)6/h7-11H2,1-6H3,(H,15,16). The summed E-state index contributed by atoms with van der Waals surface area (Å²) in [5.74, 6) is 0.0863. The maximum atomic E-state index is 11.5. The minimum absolute atomic E-state index is 0.0863. The molecule has 0 aliphatic rings. The lowest BCUT2D eigenvalue weighted by Crippen LogP contribution is -2.28. The monoisotopic (exact) mass is 243 g/mol. The van der Waals surface area contributed by atoms with Gasteiger partial charge in [0, 0.05) is 13.0 Å². The summed E-state index contributed by atoms with van der Waals surface area (Å²) in [4.78, 5) is 11.5. The smallest absolute Gasteiger partial charge is 0.222 e. The topological polar surface area (TPSA) is 38.3 Å². The van der Waals surface area contributed by atoms with E-state index in [1.54, 1.807) is 0 Å². The number of rotatable bonds is 6. The largest absolute Gasteiger partial charge is 0.375 e. The first kappa shape index (κ1) is 16.4. The van der Waals surface area contributed by atoms with Gasteiger partial charge in [-0.05, 0) is 39.0 Å². The molecule has 0 saturated carbocycles. The van der Waals surface area contributed by atoms with E-state index in [1.165, 1.54) is 0 Å². The van der Waals surface area contributed by atoms with E-state index >= 15 is 0 Å². The molecule has 3 heteroatoms. The second-order valence-corrected chi connectivity index (χ2v) is 6.73.